The monoisotopic (exact) mass is 410 g/mol. The standard InChI is InChI=1S/C21H22N4OS2/c1-12(2)27-21-23-22-20-24(14-9-5-4-6-10-14)18(26)17-16-13(3)8-7-11-15(16)28-19(17)25(20)21/h4-6,9-10,12-13H,7-8,11H2,1-3H3/t13-/m0/s1. The van der Waals surface area contributed by atoms with Gasteiger partial charge in [0.1, 0.15) is 4.83 Å². The normalized spacial score (nSPS) is 16.9. The van der Waals surface area contributed by atoms with Crippen LogP contribution in [0.15, 0.2) is 40.3 Å². The van der Waals surface area contributed by atoms with Crippen LogP contribution in [0.3, 0.4) is 0 Å². The van der Waals surface area contributed by atoms with Crippen molar-refractivity contribution in [3.63, 3.8) is 0 Å². The zero-order valence-corrected chi connectivity index (χ0v) is 17.8. The first-order chi connectivity index (χ1) is 13.6. The van der Waals surface area contributed by atoms with Gasteiger partial charge in [0.15, 0.2) is 5.16 Å². The number of benzene rings is 1. The fraction of sp³-hybridized carbons (Fsp3) is 0.381. The number of thiophene rings is 1. The molecule has 0 saturated carbocycles. The lowest BCUT2D eigenvalue weighted by Crippen LogP contribution is -2.22. The molecule has 4 aromatic rings. The SMILES string of the molecule is CC(C)Sc1nnc2n(-c3ccccc3)c(=O)c3c4c(sc3n12)CCC[C@@H]4C. The summed E-state index contributed by atoms with van der Waals surface area (Å²) in [6, 6.07) is 9.78. The zero-order valence-electron chi connectivity index (χ0n) is 16.2. The summed E-state index contributed by atoms with van der Waals surface area (Å²) in [7, 11) is 0. The summed E-state index contributed by atoms with van der Waals surface area (Å²) in [6.45, 7) is 6.55. The molecule has 1 aromatic carbocycles. The average molecular weight is 411 g/mol. The summed E-state index contributed by atoms with van der Waals surface area (Å²) in [5.74, 6) is 1.00. The summed E-state index contributed by atoms with van der Waals surface area (Å²) in [5, 5.41) is 11.0. The number of thioether (sulfide) groups is 1. The molecule has 0 amide bonds. The maximum Gasteiger partial charge on any atom is 0.268 e. The van der Waals surface area contributed by atoms with Crippen LogP contribution in [0.4, 0.5) is 0 Å². The van der Waals surface area contributed by atoms with Gasteiger partial charge in [-0.2, -0.15) is 0 Å². The number of aromatic nitrogens is 4. The second-order valence-corrected chi connectivity index (χ2v) is 10.3. The van der Waals surface area contributed by atoms with E-state index in [4.69, 9.17) is 0 Å². The molecule has 0 bridgehead atoms. The number of rotatable bonds is 3. The van der Waals surface area contributed by atoms with E-state index in [1.807, 2.05) is 30.3 Å². The molecule has 3 aromatic heterocycles. The van der Waals surface area contributed by atoms with E-state index in [0.29, 0.717) is 16.9 Å². The maximum atomic E-state index is 13.7. The Labute approximate surface area is 171 Å². The molecule has 0 unspecified atom stereocenters. The van der Waals surface area contributed by atoms with Gasteiger partial charge in [0, 0.05) is 10.1 Å². The van der Waals surface area contributed by atoms with E-state index in [1.165, 1.54) is 16.9 Å². The Morgan fingerprint density at radius 1 is 1.21 bits per heavy atom. The van der Waals surface area contributed by atoms with Gasteiger partial charge in [-0.3, -0.25) is 4.79 Å². The average Bonchev–Trinajstić information content (AvgIpc) is 3.25. The third-order valence-corrected chi connectivity index (χ3v) is 7.53. The molecule has 1 atom stereocenters. The van der Waals surface area contributed by atoms with Crippen molar-refractivity contribution in [2.24, 2.45) is 0 Å². The van der Waals surface area contributed by atoms with Gasteiger partial charge in [0.25, 0.3) is 5.56 Å². The Bertz CT molecular complexity index is 1240. The fourth-order valence-corrected chi connectivity index (χ4v) is 6.44. The van der Waals surface area contributed by atoms with E-state index in [-0.39, 0.29) is 5.56 Å². The van der Waals surface area contributed by atoms with Crippen molar-refractivity contribution in [1.29, 1.82) is 0 Å². The highest BCUT2D eigenvalue weighted by atomic mass is 32.2. The van der Waals surface area contributed by atoms with Gasteiger partial charge in [-0.1, -0.05) is 50.7 Å². The van der Waals surface area contributed by atoms with E-state index in [9.17, 15) is 4.79 Å². The smallest absolute Gasteiger partial charge is 0.268 e. The summed E-state index contributed by atoms with van der Waals surface area (Å²) < 4.78 is 3.83. The molecule has 7 heteroatoms. The molecule has 28 heavy (non-hydrogen) atoms. The van der Waals surface area contributed by atoms with Gasteiger partial charge in [0.05, 0.1) is 11.1 Å². The molecule has 144 valence electrons. The van der Waals surface area contributed by atoms with Crippen LogP contribution in [0, 0.1) is 0 Å². The molecule has 0 radical (unpaired) electrons. The minimum atomic E-state index is 0.0217. The zero-order chi connectivity index (χ0) is 19.4. The molecule has 0 saturated heterocycles. The third kappa shape index (κ3) is 2.63. The predicted molar refractivity (Wildman–Crippen MR) is 116 cm³/mol. The first-order valence-electron chi connectivity index (χ1n) is 9.73. The lowest BCUT2D eigenvalue weighted by molar-refractivity contribution is 0.601. The number of aryl methyl sites for hydroxylation is 1. The predicted octanol–water partition coefficient (Wildman–Crippen LogP) is 5.04. The van der Waals surface area contributed by atoms with Crippen LogP contribution in [-0.4, -0.2) is 24.4 Å². The summed E-state index contributed by atoms with van der Waals surface area (Å²) in [4.78, 5) is 16.1. The van der Waals surface area contributed by atoms with Crippen LogP contribution in [0.5, 0.6) is 0 Å². The molecule has 0 fully saturated rings. The van der Waals surface area contributed by atoms with E-state index >= 15 is 0 Å². The Hall–Kier alpha value is -2.12. The van der Waals surface area contributed by atoms with Gasteiger partial charge in [-0.15, -0.1) is 21.5 Å². The van der Waals surface area contributed by atoms with E-state index in [0.717, 1.165) is 33.9 Å². The van der Waals surface area contributed by atoms with Crippen LogP contribution >= 0.6 is 23.1 Å². The highest BCUT2D eigenvalue weighted by molar-refractivity contribution is 7.99. The van der Waals surface area contributed by atoms with Crippen molar-refractivity contribution >= 4 is 39.1 Å². The number of para-hydroxylation sites is 1. The summed E-state index contributed by atoms with van der Waals surface area (Å²) in [5.41, 5.74) is 2.10. The first-order valence-corrected chi connectivity index (χ1v) is 11.4. The fourth-order valence-electron chi connectivity index (χ4n) is 4.15. The van der Waals surface area contributed by atoms with Gasteiger partial charge in [0.2, 0.25) is 5.78 Å². The highest BCUT2D eigenvalue weighted by Crippen LogP contribution is 2.42. The lowest BCUT2D eigenvalue weighted by atomic mass is 9.88. The Kier molecular flexibility index (Phi) is 4.32. The van der Waals surface area contributed by atoms with E-state index < -0.39 is 0 Å². The maximum absolute atomic E-state index is 13.7. The van der Waals surface area contributed by atoms with Crippen molar-refractivity contribution in [3.05, 3.63) is 51.1 Å². The second kappa shape index (κ2) is 6.74. The van der Waals surface area contributed by atoms with Gasteiger partial charge in [-0.05, 0) is 42.9 Å². The van der Waals surface area contributed by atoms with Crippen LogP contribution in [0.25, 0.3) is 21.7 Å². The third-order valence-electron chi connectivity index (χ3n) is 5.33. The summed E-state index contributed by atoms with van der Waals surface area (Å²) >= 11 is 3.44. The van der Waals surface area contributed by atoms with Crippen molar-refractivity contribution < 1.29 is 0 Å². The lowest BCUT2D eigenvalue weighted by Gasteiger charge is -2.18. The molecule has 3 heterocycles. The van der Waals surface area contributed by atoms with Gasteiger partial charge < -0.3 is 0 Å². The van der Waals surface area contributed by atoms with Gasteiger partial charge in [-0.25, -0.2) is 8.97 Å². The molecule has 5 rings (SSSR count). The Balaban J connectivity index is 1.96. The molecule has 1 aliphatic carbocycles. The van der Waals surface area contributed by atoms with E-state index in [1.54, 1.807) is 27.7 Å². The Morgan fingerprint density at radius 3 is 2.75 bits per heavy atom. The topological polar surface area (TPSA) is 52.2 Å². The van der Waals surface area contributed by atoms with Crippen LogP contribution in [-0.2, 0) is 6.42 Å². The molecule has 0 aliphatic heterocycles. The van der Waals surface area contributed by atoms with Gasteiger partial charge >= 0.3 is 0 Å². The largest absolute Gasteiger partial charge is 0.268 e. The Morgan fingerprint density at radius 2 is 2.00 bits per heavy atom. The quantitative estimate of drug-likeness (QED) is 0.444. The number of nitrogens with zero attached hydrogens (tertiary/aromatic N) is 4. The van der Waals surface area contributed by atoms with Crippen molar-refractivity contribution in [1.82, 2.24) is 19.2 Å². The molecular formula is C21H22N4OS2. The summed E-state index contributed by atoms with van der Waals surface area (Å²) in [6.07, 6.45) is 3.38. The minimum absolute atomic E-state index is 0.0217. The number of hydrogen-bond donors (Lipinski definition) is 0. The first kappa shape index (κ1) is 17.9. The molecule has 5 nitrogen and oxygen atoms in total. The molecule has 0 N–H and O–H groups in total. The van der Waals surface area contributed by atoms with Crippen LogP contribution in [0.2, 0.25) is 0 Å². The molecular weight excluding hydrogens is 388 g/mol. The number of hydrogen-bond acceptors (Lipinski definition) is 5. The van der Waals surface area contributed by atoms with Crippen molar-refractivity contribution in [3.8, 4) is 5.69 Å². The van der Waals surface area contributed by atoms with E-state index in [2.05, 4.69) is 35.4 Å². The number of fused-ring (bicyclic) bond motifs is 5. The second-order valence-electron chi connectivity index (χ2n) is 7.67. The van der Waals surface area contributed by atoms with Crippen LogP contribution in [0.1, 0.15) is 50.0 Å². The van der Waals surface area contributed by atoms with Crippen LogP contribution < -0.4 is 5.56 Å². The molecule has 0 spiro atoms. The molecule has 1 aliphatic rings. The highest BCUT2D eigenvalue weighted by Gasteiger charge is 2.28. The van der Waals surface area contributed by atoms with Crippen molar-refractivity contribution in [2.45, 2.75) is 56.4 Å². The minimum Gasteiger partial charge on any atom is -0.268 e. The van der Waals surface area contributed by atoms with Crippen molar-refractivity contribution in [2.75, 3.05) is 0 Å².